The summed E-state index contributed by atoms with van der Waals surface area (Å²) in [5, 5.41) is 11.0. The zero-order chi connectivity index (χ0) is 22.7. The number of rotatable bonds is 8. The van der Waals surface area contributed by atoms with Crippen LogP contribution in [0.1, 0.15) is 44.4 Å². The van der Waals surface area contributed by atoms with Crippen molar-refractivity contribution >= 4 is 11.0 Å². The van der Waals surface area contributed by atoms with Crippen molar-refractivity contribution in [2.45, 2.75) is 48.1 Å². The molecular formula is C26H34NO4+. The van der Waals surface area contributed by atoms with Crippen molar-refractivity contribution in [1.29, 1.82) is 0 Å². The van der Waals surface area contributed by atoms with Crippen LogP contribution >= 0.6 is 0 Å². The quantitative estimate of drug-likeness (QED) is 0.555. The lowest BCUT2D eigenvalue weighted by Crippen LogP contribution is -3.11. The topological polar surface area (TPSA) is 64.1 Å². The average molecular weight is 425 g/mol. The number of quaternary nitrogens is 1. The van der Waals surface area contributed by atoms with Crippen molar-refractivity contribution in [2.75, 3.05) is 13.1 Å². The number of nitrogens with one attached hydrogen (secondary N) is 1. The smallest absolute Gasteiger partial charge is 0.235 e. The van der Waals surface area contributed by atoms with Crippen LogP contribution < -0.4 is 15.1 Å². The fraction of sp³-hybridized carbons (Fsp3) is 0.423. The Labute approximate surface area is 184 Å². The minimum atomic E-state index is -0.240. The van der Waals surface area contributed by atoms with E-state index in [0.29, 0.717) is 40.7 Å². The molecule has 2 N–H and O–H groups in total. The normalized spacial score (nSPS) is 11.8. The second kappa shape index (κ2) is 9.56. The van der Waals surface area contributed by atoms with Crippen LogP contribution in [0.5, 0.6) is 17.2 Å². The summed E-state index contributed by atoms with van der Waals surface area (Å²) in [4.78, 5) is 14.5. The highest BCUT2D eigenvalue weighted by Crippen LogP contribution is 2.28. The molecule has 0 aliphatic carbocycles. The van der Waals surface area contributed by atoms with Gasteiger partial charge in [-0.3, -0.25) is 4.79 Å². The minimum absolute atomic E-state index is 0.141. The Bertz CT molecular complexity index is 1080. The molecule has 5 heteroatoms. The molecule has 0 aliphatic heterocycles. The van der Waals surface area contributed by atoms with Crippen molar-refractivity contribution in [2.24, 2.45) is 11.8 Å². The third-order valence-electron chi connectivity index (χ3n) is 5.23. The molecule has 1 aromatic heterocycles. The van der Waals surface area contributed by atoms with Crippen LogP contribution in [-0.2, 0) is 6.54 Å². The zero-order valence-electron chi connectivity index (χ0n) is 19.4. The second-order valence-corrected chi connectivity index (χ2v) is 9.42. The fourth-order valence-corrected chi connectivity index (χ4v) is 4.22. The van der Waals surface area contributed by atoms with Crippen LogP contribution in [0, 0.1) is 25.7 Å². The predicted molar refractivity (Wildman–Crippen MR) is 124 cm³/mol. The van der Waals surface area contributed by atoms with Gasteiger partial charge in [0, 0.05) is 11.8 Å². The third kappa shape index (κ3) is 5.67. The van der Waals surface area contributed by atoms with Gasteiger partial charge in [0.05, 0.1) is 24.0 Å². The maximum Gasteiger partial charge on any atom is 0.235 e. The highest BCUT2D eigenvalue weighted by atomic mass is 16.5. The van der Waals surface area contributed by atoms with Gasteiger partial charge in [0.1, 0.15) is 24.3 Å². The standard InChI is InChI=1S/C26H33NO4/c1-16(2)12-27(13-17(3)4)14-22-23(28)8-7-21-25(29)24(15-30-26(21)22)31-20-10-18(5)9-19(6)11-20/h7-11,15-17,28H,12-14H2,1-6H3/p+1. The summed E-state index contributed by atoms with van der Waals surface area (Å²) in [5.74, 6) is 1.95. The summed E-state index contributed by atoms with van der Waals surface area (Å²) in [7, 11) is 0. The van der Waals surface area contributed by atoms with Gasteiger partial charge < -0.3 is 19.2 Å². The molecule has 0 amide bonds. The van der Waals surface area contributed by atoms with Gasteiger partial charge in [0.2, 0.25) is 11.2 Å². The number of phenols is 1. The maximum absolute atomic E-state index is 13.1. The Morgan fingerprint density at radius 2 is 1.61 bits per heavy atom. The monoisotopic (exact) mass is 424 g/mol. The van der Waals surface area contributed by atoms with Crippen molar-refractivity contribution in [1.82, 2.24) is 0 Å². The van der Waals surface area contributed by atoms with E-state index < -0.39 is 0 Å². The Hall–Kier alpha value is -2.79. The van der Waals surface area contributed by atoms with E-state index in [4.69, 9.17) is 9.15 Å². The molecule has 0 unspecified atom stereocenters. The van der Waals surface area contributed by atoms with Crippen molar-refractivity contribution in [3.05, 3.63) is 63.5 Å². The van der Waals surface area contributed by atoms with Crippen LogP contribution in [0.4, 0.5) is 0 Å². The lowest BCUT2D eigenvalue weighted by molar-refractivity contribution is -0.919. The molecule has 3 rings (SSSR count). The van der Waals surface area contributed by atoms with Crippen molar-refractivity contribution < 1.29 is 19.2 Å². The van der Waals surface area contributed by atoms with E-state index in [1.807, 2.05) is 32.0 Å². The highest BCUT2D eigenvalue weighted by Gasteiger charge is 2.21. The highest BCUT2D eigenvalue weighted by molar-refractivity contribution is 5.82. The Morgan fingerprint density at radius 3 is 2.19 bits per heavy atom. The third-order valence-corrected chi connectivity index (χ3v) is 5.23. The number of phenolic OH excluding ortho intramolecular Hbond substituents is 1. The lowest BCUT2D eigenvalue weighted by atomic mass is 10.1. The number of benzene rings is 2. The number of aryl methyl sites for hydroxylation is 2. The largest absolute Gasteiger partial charge is 0.507 e. The first-order chi connectivity index (χ1) is 14.6. The van der Waals surface area contributed by atoms with Crippen molar-refractivity contribution in [3.63, 3.8) is 0 Å². The molecule has 0 saturated carbocycles. The van der Waals surface area contributed by atoms with Crippen LogP contribution in [0.3, 0.4) is 0 Å². The Balaban J connectivity index is 1.99. The average Bonchev–Trinajstić information content (AvgIpc) is 2.64. The van der Waals surface area contributed by atoms with E-state index in [0.717, 1.165) is 24.2 Å². The van der Waals surface area contributed by atoms with Gasteiger partial charge in [-0.25, -0.2) is 0 Å². The Kier molecular flexibility index (Phi) is 7.06. The van der Waals surface area contributed by atoms with Gasteiger partial charge in [-0.05, 0) is 49.2 Å². The van der Waals surface area contributed by atoms with Crippen molar-refractivity contribution in [3.8, 4) is 17.2 Å². The SMILES string of the molecule is Cc1cc(C)cc(Oc2coc3c(C[NH+](CC(C)C)CC(C)C)c(O)ccc3c2=O)c1. The molecule has 5 nitrogen and oxygen atoms in total. The van der Waals surface area contributed by atoms with Gasteiger partial charge in [0.15, 0.2) is 5.58 Å². The molecule has 0 atom stereocenters. The summed E-state index contributed by atoms with van der Waals surface area (Å²) in [5.41, 5.74) is 2.99. The molecule has 0 aliphatic rings. The first kappa shape index (κ1) is 22.9. The molecule has 0 spiro atoms. The number of hydrogen-bond acceptors (Lipinski definition) is 4. The molecule has 31 heavy (non-hydrogen) atoms. The van der Waals surface area contributed by atoms with Gasteiger partial charge >= 0.3 is 0 Å². The molecule has 0 fully saturated rings. The van der Waals surface area contributed by atoms with Gasteiger partial charge in [-0.1, -0.05) is 33.8 Å². The van der Waals surface area contributed by atoms with E-state index in [1.165, 1.54) is 11.2 Å². The molecule has 0 radical (unpaired) electrons. The van der Waals surface area contributed by atoms with E-state index in [2.05, 4.69) is 27.7 Å². The molecular weight excluding hydrogens is 390 g/mol. The second-order valence-electron chi connectivity index (χ2n) is 9.42. The molecule has 166 valence electrons. The summed E-state index contributed by atoms with van der Waals surface area (Å²) in [6, 6.07) is 9.01. The van der Waals surface area contributed by atoms with Crippen LogP contribution in [0.2, 0.25) is 0 Å². The molecule has 3 aromatic rings. The first-order valence-electron chi connectivity index (χ1n) is 11.0. The number of fused-ring (bicyclic) bond motifs is 1. The lowest BCUT2D eigenvalue weighted by Gasteiger charge is -2.24. The van der Waals surface area contributed by atoms with E-state index in [9.17, 15) is 9.90 Å². The maximum atomic E-state index is 13.1. The van der Waals surface area contributed by atoms with Gasteiger partial charge in [-0.15, -0.1) is 0 Å². The van der Waals surface area contributed by atoms with Crippen LogP contribution in [-0.4, -0.2) is 18.2 Å². The minimum Gasteiger partial charge on any atom is -0.507 e. The van der Waals surface area contributed by atoms with Crippen LogP contribution in [0.25, 0.3) is 11.0 Å². The van der Waals surface area contributed by atoms with E-state index in [1.54, 1.807) is 12.1 Å². The van der Waals surface area contributed by atoms with E-state index >= 15 is 0 Å². The number of ether oxygens (including phenoxy) is 1. The summed E-state index contributed by atoms with van der Waals surface area (Å²) < 4.78 is 11.7. The van der Waals surface area contributed by atoms with Gasteiger partial charge in [-0.2, -0.15) is 0 Å². The zero-order valence-corrected chi connectivity index (χ0v) is 19.4. The first-order valence-corrected chi connectivity index (χ1v) is 11.0. The molecule has 0 bridgehead atoms. The number of aromatic hydroxyl groups is 1. The predicted octanol–water partition coefficient (Wildman–Crippen LogP) is 4.60. The fourth-order valence-electron chi connectivity index (χ4n) is 4.22. The molecule has 1 heterocycles. The summed E-state index contributed by atoms with van der Waals surface area (Å²) >= 11 is 0. The van der Waals surface area contributed by atoms with Gasteiger partial charge in [0.25, 0.3) is 0 Å². The number of hydrogen-bond donors (Lipinski definition) is 2. The van der Waals surface area contributed by atoms with Crippen LogP contribution in [0.15, 0.2) is 45.8 Å². The summed E-state index contributed by atoms with van der Waals surface area (Å²) in [6.07, 6.45) is 1.36. The Morgan fingerprint density at radius 1 is 1.00 bits per heavy atom. The molecule has 0 saturated heterocycles. The summed E-state index contributed by atoms with van der Waals surface area (Å²) in [6.45, 7) is 15.3. The molecule has 2 aromatic carbocycles. The van der Waals surface area contributed by atoms with E-state index in [-0.39, 0.29) is 16.9 Å².